The summed E-state index contributed by atoms with van der Waals surface area (Å²) in [4.78, 5) is 19.0. The topological polar surface area (TPSA) is 59.2 Å². The van der Waals surface area contributed by atoms with Crippen molar-refractivity contribution in [1.82, 2.24) is 15.0 Å². The Labute approximate surface area is 183 Å². The molecule has 1 amide bonds. The molecule has 0 spiro atoms. The number of carbonyl (C=O) groups is 1. The van der Waals surface area contributed by atoms with E-state index in [0.29, 0.717) is 53.3 Å². The molecule has 0 radical (unpaired) electrons. The molecule has 2 heterocycles. The van der Waals surface area contributed by atoms with Crippen LogP contribution in [0.5, 0.6) is 0 Å². The van der Waals surface area contributed by atoms with Gasteiger partial charge in [-0.1, -0.05) is 46.6 Å². The maximum Gasteiger partial charge on any atom is 0.231 e. The number of amides is 1. The zero-order chi connectivity index (χ0) is 21.1. The van der Waals surface area contributed by atoms with E-state index in [1.807, 2.05) is 11.0 Å². The lowest BCUT2D eigenvalue weighted by Crippen LogP contribution is -2.39. The van der Waals surface area contributed by atoms with E-state index >= 15 is 0 Å². The van der Waals surface area contributed by atoms with Crippen LogP contribution in [0.15, 0.2) is 47.0 Å². The predicted molar refractivity (Wildman–Crippen MR) is 113 cm³/mol. The summed E-state index contributed by atoms with van der Waals surface area (Å²) in [5.74, 6) is 0.513. The number of rotatable bonds is 5. The van der Waals surface area contributed by atoms with Crippen LogP contribution in [-0.2, 0) is 11.2 Å². The van der Waals surface area contributed by atoms with Gasteiger partial charge in [0, 0.05) is 35.1 Å². The summed E-state index contributed by atoms with van der Waals surface area (Å²) >= 11 is 12.1. The van der Waals surface area contributed by atoms with Crippen LogP contribution in [0.3, 0.4) is 0 Å². The molecule has 0 aliphatic carbocycles. The molecule has 1 aromatic heterocycles. The SMILES string of the molecule is O=C(CCc1ccc(Cl)cc1Cl)N1CCCC(c2nc(-c3cccc(F)c3)no2)C1. The Morgan fingerprint density at radius 3 is 2.90 bits per heavy atom. The lowest BCUT2D eigenvalue weighted by molar-refractivity contribution is -0.132. The van der Waals surface area contributed by atoms with Crippen molar-refractivity contribution >= 4 is 29.1 Å². The number of carbonyl (C=O) groups excluding carboxylic acids is 1. The van der Waals surface area contributed by atoms with Crippen LogP contribution in [0, 0.1) is 5.82 Å². The van der Waals surface area contributed by atoms with E-state index in [9.17, 15) is 9.18 Å². The van der Waals surface area contributed by atoms with E-state index in [4.69, 9.17) is 27.7 Å². The molecule has 2 aromatic carbocycles. The van der Waals surface area contributed by atoms with Crippen molar-refractivity contribution in [2.24, 2.45) is 0 Å². The molecule has 5 nitrogen and oxygen atoms in total. The van der Waals surface area contributed by atoms with Crippen molar-refractivity contribution in [2.45, 2.75) is 31.6 Å². The number of hydrogen-bond acceptors (Lipinski definition) is 4. The molecule has 1 fully saturated rings. The molecule has 1 atom stereocenters. The van der Waals surface area contributed by atoms with E-state index in [-0.39, 0.29) is 17.6 Å². The Morgan fingerprint density at radius 1 is 1.23 bits per heavy atom. The fourth-order valence-electron chi connectivity index (χ4n) is 3.68. The maximum absolute atomic E-state index is 13.4. The van der Waals surface area contributed by atoms with Crippen LogP contribution in [0.25, 0.3) is 11.4 Å². The highest BCUT2D eigenvalue weighted by Crippen LogP contribution is 2.29. The number of aromatic nitrogens is 2. The first-order valence-corrected chi connectivity index (χ1v) is 10.6. The van der Waals surface area contributed by atoms with Gasteiger partial charge in [0.1, 0.15) is 5.82 Å². The Morgan fingerprint density at radius 2 is 2.10 bits per heavy atom. The van der Waals surface area contributed by atoms with Crippen LogP contribution in [0.2, 0.25) is 10.0 Å². The molecular formula is C22H20Cl2FN3O2. The minimum absolute atomic E-state index is 0.0309. The largest absolute Gasteiger partial charge is 0.342 e. The average molecular weight is 448 g/mol. The predicted octanol–water partition coefficient (Wildman–Crippen LogP) is 5.52. The first kappa shape index (κ1) is 20.8. The van der Waals surface area contributed by atoms with E-state index < -0.39 is 0 Å². The molecule has 0 saturated carbocycles. The van der Waals surface area contributed by atoms with Gasteiger partial charge < -0.3 is 9.42 Å². The van der Waals surface area contributed by atoms with Gasteiger partial charge in [0.05, 0.1) is 5.92 Å². The van der Waals surface area contributed by atoms with Gasteiger partial charge in [0.15, 0.2) is 0 Å². The highest BCUT2D eigenvalue weighted by atomic mass is 35.5. The normalized spacial score (nSPS) is 16.6. The number of likely N-dealkylation sites (tertiary alicyclic amines) is 1. The Balaban J connectivity index is 1.39. The molecular weight excluding hydrogens is 428 g/mol. The summed E-state index contributed by atoms with van der Waals surface area (Å²) in [7, 11) is 0. The zero-order valence-corrected chi connectivity index (χ0v) is 17.7. The molecule has 1 unspecified atom stereocenters. The summed E-state index contributed by atoms with van der Waals surface area (Å²) in [5, 5.41) is 5.13. The number of halogens is 3. The summed E-state index contributed by atoms with van der Waals surface area (Å²) < 4.78 is 18.9. The third kappa shape index (κ3) is 4.82. The van der Waals surface area contributed by atoms with Crippen LogP contribution in [-0.4, -0.2) is 34.0 Å². The van der Waals surface area contributed by atoms with Crippen LogP contribution in [0.1, 0.15) is 36.6 Å². The van der Waals surface area contributed by atoms with Crippen LogP contribution >= 0.6 is 23.2 Å². The van der Waals surface area contributed by atoms with E-state index in [1.165, 1.54) is 12.1 Å². The van der Waals surface area contributed by atoms with Crippen molar-refractivity contribution in [3.05, 3.63) is 69.8 Å². The molecule has 8 heteroatoms. The molecule has 156 valence electrons. The second-order valence-electron chi connectivity index (χ2n) is 7.38. The van der Waals surface area contributed by atoms with Crippen molar-refractivity contribution in [3.8, 4) is 11.4 Å². The lowest BCUT2D eigenvalue weighted by atomic mass is 9.97. The second kappa shape index (κ2) is 9.14. The molecule has 1 aliphatic heterocycles. The first-order valence-electron chi connectivity index (χ1n) is 9.81. The van der Waals surface area contributed by atoms with Gasteiger partial charge in [-0.3, -0.25) is 4.79 Å². The fraction of sp³-hybridized carbons (Fsp3) is 0.318. The first-order chi connectivity index (χ1) is 14.5. The smallest absolute Gasteiger partial charge is 0.231 e. The van der Waals surface area contributed by atoms with E-state index in [2.05, 4.69) is 10.1 Å². The lowest BCUT2D eigenvalue weighted by Gasteiger charge is -2.31. The maximum atomic E-state index is 13.4. The standard InChI is InChI=1S/C22H20Cl2FN3O2/c23-17-8-6-14(19(24)12-17)7-9-20(29)28-10-2-4-16(13-28)22-26-21(27-30-22)15-3-1-5-18(25)11-15/h1,3,5-6,8,11-12,16H,2,4,7,9-10,13H2. The van der Waals surface area contributed by atoms with Gasteiger partial charge in [-0.15, -0.1) is 0 Å². The molecule has 30 heavy (non-hydrogen) atoms. The summed E-state index contributed by atoms with van der Waals surface area (Å²) in [6.07, 6.45) is 2.64. The van der Waals surface area contributed by atoms with Crippen LogP contribution < -0.4 is 0 Å². The van der Waals surface area contributed by atoms with Gasteiger partial charge >= 0.3 is 0 Å². The third-order valence-electron chi connectivity index (χ3n) is 5.27. The molecule has 3 aromatic rings. The van der Waals surface area contributed by atoms with Crippen molar-refractivity contribution in [3.63, 3.8) is 0 Å². The Kier molecular flexibility index (Phi) is 6.35. The quantitative estimate of drug-likeness (QED) is 0.516. The number of benzene rings is 2. The Hall–Kier alpha value is -2.44. The third-order valence-corrected chi connectivity index (χ3v) is 5.86. The number of hydrogen-bond donors (Lipinski definition) is 0. The molecule has 0 N–H and O–H groups in total. The Bertz CT molecular complexity index is 1060. The molecule has 4 rings (SSSR count). The summed E-state index contributed by atoms with van der Waals surface area (Å²) in [6.45, 7) is 1.23. The van der Waals surface area contributed by atoms with Gasteiger partial charge in [0.2, 0.25) is 17.6 Å². The molecule has 0 bridgehead atoms. The van der Waals surface area contributed by atoms with Crippen molar-refractivity contribution in [2.75, 3.05) is 13.1 Å². The monoisotopic (exact) mass is 447 g/mol. The average Bonchev–Trinajstić information content (AvgIpc) is 3.23. The molecule has 1 aliphatic rings. The van der Waals surface area contributed by atoms with Gasteiger partial charge in [-0.05, 0) is 49.1 Å². The van der Waals surface area contributed by atoms with Gasteiger partial charge in [-0.25, -0.2) is 4.39 Å². The van der Waals surface area contributed by atoms with Crippen LogP contribution in [0.4, 0.5) is 4.39 Å². The minimum atomic E-state index is -0.353. The fourth-order valence-corrected chi connectivity index (χ4v) is 4.18. The summed E-state index contributed by atoms with van der Waals surface area (Å²) in [6, 6.07) is 11.4. The highest BCUT2D eigenvalue weighted by molar-refractivity contribution is 6.35. The van der Waals surface area contributed by atoms with E-state index in [1.54, 1.807) is 24.3 Å². The minimum Gasteiger partial charge on any atom is -0.342 e. The van der Waals surface area contributed by atoms with Gasteiger partial charge in [0.25, 0.3) is 0 Å². The van der Waals surface area contributed by atoms with Crippen molar-refractivity contribution in [1.29, 1.82) is 0 Å². The number of piperidine rings is 1. The highest BCUT2D eigenvalue weighted by Gasteiger charge is 2.28. The molecule has 1 saturated heterocycles. The number of aryl methyl sites for hydroxylation is 1. The zero-order valence-electron chi connectivity index (χ0n) is 16.2. The second-order valence-corrected chi connectivity index (χ2v) is 8.22. The summed E-state index contributed by atoms with van der Waals surface area (Å²) in [5.41, 5.74) is 1.47. The van der Waals surface area contributed by atoms with E-state index in [0.717, 1.165) is 18.4 Å². The van der Waals surface area contributed by atoms with Crippen molar-refractivity contribution < 1.29 is 13.7 Å². The number of nitrogens with zero attached hydrogens (tertiary/aromatic N) is 3. The van der Waals surface area contributed by atoms with Gasteiger partial charge in [-0.2, -0.15) is 4.98 Å².